The van der Waals surface area contributed by atoms with Gasteiger partial charge in [0.25, 0.3) is 11.6 Å². The van der Waals surface area contributed by atoms with Crippen molar-refractivity contribution < 1.29 is 32.4 Å². The SMILES string of the molecule is CNc1ccc([N+](=O)[O-])cc1C(=O)N(C)CC(=O)Nc1ccc(OC(F)(F)F)cc1. The van der Waals surface area contributed by atoms with E-state index in [1.807, 2.05) is 0 Å². The van der Waals surface area contributed by atoms with Crippen molar-refractivity contribution >= 4 is 28.9 Å². The summed E-state index contributed by atoms with van der Waals surface area (Å²) in [6.07, 6.45) is -4.83. The summed E-state index contributed by atoms with van der Waals surface area (Å²) in [5.41, 5.74) is 0.270. The van der Waals surface area contributed by atoms with Gasteiger partial charge < -0.3 is 20.3 Å². The molecule has 0 unspecified atom stereocenters. The van der Waals surface area contributed by atoms with Gasteiger partial charge in [0.15, 0.2) is 0 Å². The quantitative estimate of drug-likeness (QED) is 0.519. The second-order valence-corrected chi connectivity index (χ2v) is 6.02. The molecule has 2 amide bonds. The van der Waals surface area contributed by atoms with Crippen LogP contribution in [0.25, 0.3) is 0 Å². The summed E-state index contributed by atoms with van der Waals surface area (Å²) in [6.45, 7) is -0.397. The van der Waals surface area contributed by atoms with Crippen LogP contribution in [0.2, 0.25) is 0 Å². The van der Waals surface area contributed by atoms with Gasteiger partial charge in [-0.05, 0) is 30.3 Å². The fourth-order valence-corrected chi connectivity index (χ4v) is 2.47. The molecule has 30 heavy (non-hydrogen) atoms. The average Bonchev–Trinajstić information content (AvgIpc) is 2.67. The third-order valence-corrected chi connectivity index (χ3v) is 3.81. The normalized spacial score (nSPS) is 10.8. The van der Waals surface area contributed by atoms with E-state index < -0.39 is 35.4 Å². The molecule has 0 saturated heterocycles. The molecule has 0 saturated carbocycles. The third kappa shape index (κ3) is 6.09. The summed E-state index contributed by atoms with van der Waals surface area (Å²) in [6, 6.07) is 8.19. The lowest BCUT2D eigenvalue weighted by molar-refractivity contribution is -0.384. The Hall–Kier alpha value is -3.83. The standard InChI is InChI=1S/C18H17F3N4O5/c1-22-15-8-5-12(25(28)29)9-14(15)17(27)24(2)10-16(26)23-11-3-6-13(7-4-11)30-18(19,20)21/h3-9,22H,10H2,1-2H3,(H,23,26). The molecule has 12 heteroatoms. The van der Waals surface area contributed by atoms with Gasteiger partial charge in [0.1, 0.15) is 5.75 Å². The smallest absolute Gasteiger partial charge is 0.406 e. The summed E-state index contributed by atoms with van der Waals surface area (Å²) in [5.74, 6) is -1.70. The Morgan fingerprint density at radius 3 is 2.33 bits per heavy atom. The van der Waals surface area contributed by atoms with E-state index in [9.17, 15) is 32.9 Å². The van der Waals surface area contributed by atoms with Crippen molar-refractivity contribution in [2.45, 2.75) is 6.36 Å². The number of alkyl halides is 3. The maximum Gasteiger partial charge on any atom is 0.573 e. The van der Waals surface area contributed by atoms with E-state index >= 15 is 0 Å². The third-order valence-electron chi connectivity index (χ3n) is 3.81. The summed E-state index contributed by atoms with van der Waals surface area (Å²) in [7, 11) is 2.87. The number of anilines is 2. The lowest BCUT2D eigenvalue weighted by atomic mass is 10.1. The minimum atomic E-state index is -4.83. The summed E-state index contributed by atoms with van der Waals surface area (Å²) >= 11 is 0. The van der Waals surface area contributed by atoms with Crippen LogP contribution in [0.1, 0.15) is 10.4 Å². The van der Waals surface area contributed by atoms with Gasteiger partial charge in [0.05, 0.1) is 17.0 Å². The molecule has 2 rings (SSSR count). The first-order chi connectivity index (χ1) is 14.0. The van der Waals surface area contributed by atoms with E-state index in [2.05, 4.69) is 15.4 Å². The van der Waals surface area contributed by atoms with E-state index in [0.717, 1.165) is 23.1 Å². The Morgan fingerprint density at radius 2 is 1.80 bits per heavy atom. The van der Waals surface area contributed by atoms with Crippen molar-refractivity contribution in [2.75, 3.05) is 31.3 Å². The molecule has 0 fully saturated rings. The molecule has 2 N–H and O–H groups in total. The van der Waals surface area contributed by atoms with Crippen LogP contribution in [0, 0.1) is 10.1 Å². The monoisotopic (exact) mass is 426 g/mol. The number of nitrogens with one attached hydrogen (secondary N) is 2. The first-order valence-electron chi connectivity index (χ1n) is 8.37. The first kappa shape index (κ1) is 22.5. The minimum absolute atomic E-state index is 0.00986. The number of carbonyl (C=O) groups excluding carboxylic acids is 2. The van der Waals surface area contributed by atoms with Crippen LogP contribution < -0.4 is 15.4 Å². The largest absolute Gasteiger partial charge is 0.573 e. The highest BCUT2D eigenvalue weighted by atomic mass is 19.4. The minimum Gasteiger partial charge on any atom is -0.406 e. The van der Waals surface area contributed by atoms with E-state index in [-0.39, 0.29) is 16.9 Å². The van der Waals surface area contributed by atoms with E-state index in [0.29, 0.717) is 5.69 Å². The number of nitro benzene ring substituents is 1. The van der Waals surface area contributed by atoms with Crippen molar-refractivity contribution in [3.63, 3.8) is 0 Å². The zero-order valence-corrected chi connectivity index (χ0v) is 15.8. The molecule has 0 heterocycles. The molecule has 0 atom stereocenters. The van der Waals surface area contributed by atoms with Gasteiger partial charge in [-0.3, -0.25) is 19.7 Å². The fourth-order valence-electron chi connectivity index (χ4n) is 2.47. The van der Waals surface area contributed by atoms with Gasteiger partial charge in [0, 0.05) is 37.6 Å². The van der Waals surface area contributed by atoms with Crippen LogP contribution >= 0.6 is 0 Å². The van der Waals surface area contributed by atoms with Crippen LogP contribution in [0.3, 0.4) is 0 Å². The zero-order chi connectivity index (χ0) is 22.5. The van der Waals surface area contributed by atoms with Gasteiger partial charge in [0.2, 0.25) is 5.91 Å². The molecule has 0 aliphatic rings. The fraction of sp³-hybridized carbons (Fsp3) is 0.222. The molecule has 9 nitrogen and oxygen atoms in total. The van der Waals surface area contributed by atoms with Crippen LogP contribution in [0.15, 0.2) is 42.5 Å². The Balaban J connectivity index is 2.04. The highest BCUT2D eigenvalue weighted by Gasteiger charge is 2.31. The molecule has 2 aromatic carbocycles. The Morgan fingerprint density at radius 1 is 1.17 bits per heavy atom. The number of benzene rings is 2. The van der Waals surface area contributed by atoms with Crippen molar-refractivity contribution in [3.8, 4) is 5.75 Å². The molecule has 0 bridgehead atoms. The highest BCUT2D eigenvalue weighted by Crippen LogP contribution is 2.25. The Labute approximate surface area is 168 Å². The van der Waals surface area contributed by atoms with E-state index in [1.54, 1.807) is 0 Å². The topological polar surface area (TPSA) is 114 Å². The maximum atomic E-state index is 12.6. The van der Waals surface area contributed by atoms with Gasteiger partial charge in [-0.1, -0.05) is 0 Å². The number of ether oxygens (including phenoxy) is 1. The Kier molecular flexibility index (Phi) is 6.82. The molecule has 0 aromatic heterocycles. The second kappa shape index (κ2) is 9.11. The first-order valence-corrected chi connectivity index (χ1v) is 8.37. The summed E-state index contributed by atoms with van der Waals surface area (Å²) in [4.78, 5) is 36.1. The average molecular weight is 426 g/mol. The number of hydrogen-bond acceptors (Lipinski definition) is 6. The zero-order valence-electron chi connectivity index (χ0n) is 15.8. The number of non-ortho nitro benzene ring substituents is 1. The van der Waals surface area contributed by atoms with Crippen molar-refractivity contribution in [3.05, 3.63) is 58.1 Å². The lowest BCUT2D eigenvalue weighted by Crippen LogP contribution is -2.35. The summed E-state index contributed by atoms with van der Waals surface area (Å²) in [5, 5.41) is 16.1. The van der Waals surface area contributed by atoms with Crippen LogP contribution in [0.4, 0.5) is 30.2 Å². The summed E-state index contributed by atoms with van der Waals surface area (Å²) < 4.78 is 40.2. The molecule has 0 radical (unpaired) electrons. The second-order valence-electron chi connectivity index (χ2n) is 6.02. The van der Waals surface area contributed by atoms with Crippen LogP contribution in [0.5, 0.6) is 5.75 Å². The molecular weight excluding hydrogens is 409 g/mol. The van der Waals surface area contributed by atoms with Crippen molar-refractivity contribution in [1.29, 1.82) is 0 Å². The van der Waals surface area contributed by atoms with Gasteiger partial charge in [-0.2, -0.15) is 0 Å². The predicted molar refractivity (Wildman–Crippen MR) is 101 cm³/mol. The number of likely N-dealkylation sites (N-methyl/N-ethyl adjacent to an activating group) is 1. The lowest BCUT2D eigenvalue weighted by Gasteiger charge is -2.18. The number of nitrogens with zero attached hydrogens (tertiary/aromatic N) is 2. The van der Waals surface area contributed by atoms with Gasteiger partial charge >= 0.3 is 6.36 Å². The highest BCUT2D eigenvalue weighted by molar-refractivity contribution is 6.03. The number of rotatable bonds is 7. The number of amides is 2. The van der Waals surface area contributed by atoms with Crippen LogP contribution in [-0.4, -0.2) is 48.6 Å². The van der Waals surface area contributed by atoms with Crippen molar-refractivity contribution in [2.24, 2.45) is 0 Å². The number of carbonyl (C=O) groups is 2. The van der Waals surface area contributed by atoms with Crippen LogP contribution in [-0.2, 0) is 4.79 Å². The molecule has 0 spiro atoms. The number of hydrogen-bond donors (Lipinski definition) is 2. The van der Waals surface area contributed by atoms with E-state index in [1.165, 1.54) is 38.4 Å². The predicted octanol–water partition coefficient (Wildman–Crippen LogP) is 3.25. The number of nitro groups is 1. The van der Waals surface area contributed by atoms with Crippen molar-refractivity contribution in [1.82, 2.24) is 4.90 Å². The molecular formula is C18H17F3N4O5. The molecule has 160 valence electrons. The van der Waals surface area contributed by atoms with Gasteiger partial charge in [-0.25, -0.2) is 0 Å². The van der Waals surface area contributed by atoms with E-state index in [4.69, 9.17) is 0 Å². The Bertz CT molecular complexity index is 948. The molecule has 2 aromatic rings. The molecule has 0 aliphatic heterocycles. The number of halogens is 3. The maximum absolute atomic E-state index is 12.6. The van der Waals surface area contributed by atoms with Gasteiger partial charge in [-0.15, -0.1) is 13.2 Å². The molecule has 0 aliphatic carbocycles.